The fraction of sp³-hybridized carbons (Fsp3) is 0.167. The summed E-state index contributed by atoms with van der Waals surface area (Å²) in [5, 5.41) is 2.66. The number of aldehydes is 1. The van der Waals surface area contributed by atoms with Crippen LogP contribution in [0.15, 0.2) is 48.5 Å². The van der Waals surface area contributed by atoms with Gasteiger partial charge in [-0.2, -0.15) is 0 Å². The topological polar surface area (TPSA) is 81.7 Å². The number of carbonyl (C=O) groups is 3. The third-order valence-corrected chi connectivity index (χ3v) is 3.24. The van der Waals surface area contributed by atoms with Gasteiger partial charge in [-0.1, -0.05) is 24.3 Å². The van der Waals surface area contributed by atoms with Crippen molar-refractivity contribution in [3.63, 3.8) is 0 Å². The highest BCUT2D eigenvalue weighted by atomic mass is 16.5. The van der Waals surface area contributed by atoms with Gasteiger partial charge in [0.05, 0.1) is 12.7 Å². The second-order valence-corrected chi connectivity index (χ2v) is 4.94. The third kappa shape index (κ3) is 4.95. The first-order chi connectivity index (χ1) is 11.6. The molecule has 0 radical (unpaired) electrons. The lowest BCUT2D eigenvalue weighted by Crippen LogP contribution is -2.28. The van der Waals surface area contributed by atoms with Crippen molar-refractivity contribution < 1.29 is 23.9 Å². The Balaban J connectivity index is 1.79. The number of benzene rings is 2. The first-order valence-corrected chi connectivity index (χ1v) is 7.24. The minimum absolute atomic E-state index is 0.279. The maximum Gasteiger partial charge on any atom is 0.338 e. The van der Waals surface area contributed by atoms with E-state index in [0.717, 1.165) is 5.56 Å². The summed E-state index contributed by atoms with van der Waals surface area (Å²) in [7, 11) is 1.57. The predicted octanol–water partition coefficient (Wildman–Crippen LogP) is 1.98. The van der Waals surface area contributed by atoms with Crippen LogP contribution in [0.5, 0.6) is 5.75 Å². The predicted molar refractivity (Wildman–Crippen MR) is 87.0 cm³/mol. The zero-order valence-corrected chi connectivity index (χ0v) is 13.2. The number of carbonyl (C=O) groups excluding carboxylic acids is 3. The van der Waals surface area contributed by atoms with Crippen LogP contribution in [-0.2, 0) is 16.1 Å². The molecule has 0 atom stereocenters. The molecule has 0 saturated heterocycles. The minimum atomic E-state index is -0.621. The maximum absolute atomic E-state index is 11.8. The number of esters is 1. The molecule has 0 aliphatic rings. The first kappa shape index (κ1) is 17.2. The summed E-state index contributed by atoms with van der Waals surface area (Å²) in [6.07, 6.45) is 0.682. The lowest BCUT2D eigenvalue weighted by Gasteiger charge is -2.08. The molecule has 0 aromatic heterocycles. The zero-order chi connectivity index (χ0) is 17.4. The summed E-state index contributed by atoms with van der Waals surface area (Å²) in [5.74, 6) is -0.327. The molecule has 2 aromatic carbocycles. The van der Waals surface area contributed by atoms with Gasteiger partial charge in [0.2, 0.25) is 0 Å². The van der Waals surface area contributed by atoms with Crippen LogP contribution >= 0.6 is 0 Å². The average molecular weight is 327 g/mol. The molecular formula is C18H17NO5. The Kier molecular flexibility index (Phi) is 6.08. The molecule has 6 heteroatoms. The van der Waals surface area contributed by atoms with Gasteiger partial charge in [0.1, 0.15) is 12.0 Å². The second kappa shape index (κ2) is 8.47. The summed E-state index contributed by atoms with van der Waals surface area (Å²) in [6, 6.07) is 13.2. The van der Waals surface area contributed by atoms with E-state index in [-0.39, 0.29) is 12.2 Å². The largest absolute Gasteiger partial charge is 0.497 e. The molecule has 24 heavy (non-hydrogen) atoms. The molecule has 0 bridgehead atoms. The lowest BCUT2D eigenvalue weighted by molar-refractivity contribution is -0.124. The highest BCUT2D eigenvalue weighted by molar-refractivity contribution is 5.92. The molecule has 0 spiro atoms. The highest BCUT2D eigenvalue weighted by Gasteiger charge is 2.10. The average Bonchev–Trinajstić information content (AvgIpc) is 2.64. The Labute approximate surface area is 139 Å². The van der Waals surface area contributed by atoms with Gasteiger partial charge in [0.15, 0.2) is 6.61 Å². The van der Waals surface area contributed by atoms with Gasteiger partial charge in [-0.05, 0) is 29.8 Å². The lowest BCUT2D eigenvalue weighted by atomic mass is 10.1. The monoisotopic (exact) mass is 327 g/mol. The Morgan fingerprint density at radius 2 is 1.88 bits per heavy atom. The molecular weight excluding hydrogens is 310 g/mol. The number of amides is 1. The summed E-state index contributed by atoms with van der Waals surface area (Å²) in [6.45, 7) is -0.0696. The van der Waals surface area contributed by atoms with Gasteiger partial charge >= 0.3 is 5.97 Å². The first-order valence-electron chi connectivity index (χ1n) is 7.24. The van der Waals surface area contributed by atoms with Crippen LogP contribution in [0.2, 0.25) is 0 Å². The molecule has 124 valence electrons. The molecule has 1 amide bonds. The van der Waals surface area contributed by atoms with Crippen molar-refractivity contribution in [1.29, 1.82) is 0 Å². The number of ether oxygens (including phenoxy) is 2. The molecule has 0 aliphatic heterocycles. The van der Waals surface area contributed by atoms with Gasteiger partial charge in [0.25, 0.3) is 5.91 Å². The Morgan fingerprint density at radius 1 is 1.12 bits per heavy atom. The van der Waals surface area contributed by atoms with Gasteiger partial charge in [-0.15, -0.1) is 0 Å². The van der Waals surface area contributed by atoms with E-state index in [4.69, 9.17) is 9.47 Å². The van der Waals surface area contributed by atoms with E-state index in [1.807, 2.05) is 18.2 Å². The van der Waals surface area contributed by atoms with Crippen LogP contribution in [0.4, 0.5) is 0 Å². The fourth-order valence-corrected chi connectivity index (χ4v) is 1.95. The van der Waals surface area contributed by atoms with E-state index < -0.39 is 11.9 Å². The van der Waals surface area contributed by atoms with E-state index in [1.165, 1.54) is 24.3 Å². The number of hydrogen-bond donors (Lipinski definition) is 1. The van der Waals surface area contributed by atoms with Crippen LogP contribution in [0.25, 0.3) is 0 Å². The number of methoxy groups -OCH3 is 1. The van der Waals surface area contributed by atoms with E-state index in [9.17, 15) is 14.4 Å². The van der Waals surface area contributed by atoms with Crippen molar-refractivity contribution in [3.8, 4) is 5.75 Å². The molecule has 0 fully saturated rings. The number of hydrogen-bond acceptors (Lipinski definition) is 5. The Hall–Kier alpha value is -3.15. The standard InChI is InChI=1S/C18H17NO5/c1-23-16-4-2-3-14(9-16)10-19-17(21)12-24-18(22)15-7-5-13(11-20)6-8-15/h2-9,11H,10,12H2,1H3,(H,19,21). The Bertz CT molecular complexity index is 724. The molecule has 2 rings (SSSR count). The van der Waals surface area contributed by atoms with Crippen molar-refractivity contribution in [1.82, 2.24) is 5.32 Å². The molecule has 2 aromatic rings. The van der Waals surface area contributed by atoms with E-state index in [1.54, 1.807) is 13.2 Å². The fourth-order valence-electron chi connectivity index (χ4n) is 1.95. The molecule has 1 N–H and O–H groups in total. The highest BCUT2D eigenvalue weighted by Crippen LogP contribution is 2.12. The van der Waals surface area contributed by atoms with Crippen LogP contribution in [0.1, 0.15) is 26.3 Å². The summed E-state index contributed by atoms with van der Waals surface area (Å²) in [5.41, 5.74) is 1.61. The van der Waals surface area contributed by atoms with Gasteiger partial charge in [0, 0.05) is 12.1 Å². The summed E-state index contributed by atoms with van der Waals surface area (Å²) in [4.78, 5) is 34.1. The van der Waals surface area contributed by atoms with E-state index >= 15 is 0 Å². The summed E-state index contributed by atoms with van der Waals surface area (Å²) < 4.78 is 10.0. The summed E-state index contributed by atoms with van der Waals surface area (Å²) >= 11 is 0. The van der Waals surface area contributed by atoms with Crippen LogP contribution in [0, 0.1) is 0 Å². The van der Waals surface area contributed by atoms with Crippen molar-refractivity contribution in [2.75, 3.05) is 13.7 Å². The van der Waals surface area contributed by atoms with Gasteiger partial charge in [-0.25, -0.2) is 4.79 Å². The van der Waals surface area contributed by atoms with Crippen molar-refractivity contribution >= 4 is 18.2 Å². The van der Waals surface area contributed by atoms with Crippen LogP contribution < -0.4 is 10.1 Å². The van der Waals surface area contributed by atoms with Crippen molar-refractivity contribution in [2.45, 2.75) is 6.54 Å². The molecule has 0 aliphatic carbocycles. The van der Waals surface area contributed by atoms with E-state index in [0.29, 0.717) is 24.1 Å². The quantitative estimate of drug-likeness (QED) is 0.621. The molecule has 6 nitrogen and oxygen atoms in total. The zero-order valence-electron chi connectivity index (χ0n) is 13.2. The number of nitrogens with one attached hydrogen (secondary N) is 1. The van der Waals surface area contributed by atoms with Gasteiger partial charge in [-0.3, -0.25) is 9.59 Å². The maximum atomic E-state index is 11.8. The van der Waals surface area contributed by atoms with E-state index in [2.05, 4.69) is 5.32 Å². The molecule has 0 unspecified atom stereocenters. The SMILES string of the molecule is COc1cccc(CNC(=O)COC(=O)c2ccc(C=O)cc2)c1. The Morgan fingerprint density at radius 3 is 2.54 bits per heavy atom. The third-order valence-electron chi connectivity index (χ3n) is 3.24. The minimum Gasteiger partial charge on any atom is -0.497 e. The van der Waals surface area contributed by atoms with Crippen LogP contribution in [-0.4, -0.2) is 31.9 Å². The van der Waals surface area contributed by atoms with Crippen molar-refractivity contribution in [2.24, 2.45) is 0 Å². The molecule has 0 heterocycles. The molecule has 0 saturated carbocycles. The smallest absolute Gasteiger partial charge is 0.338 e. The van der Waals surface area contributed by atoms with Gasteiger partial charge < -0.3 is 14.8 Å². The second-order valence-electron chi connectivity index (χ2n) is 4.94. The van der Waals surface area contributed by atoms with Crippen molar-refractivity contribution in [3.05, 3.63) is 65.2 Å². The number of rotatable bonds is 7. The normalized spacial score (nSPS) is 9.88. The van der Waals surface area contributed by atoms with Crippen LogP contribution in [0.3, 0.4) is 0 Å².